The summed E-state index contributed by atoms with van der Waals surface area (Å²) in [6.45, 7) is 5.22. The summed E-state index contributed by atoms with van der Waals surface area (Å²) in [4.78, 5) is 6.92. The first-order chi connectivity index (χ1) is 10.3. The molecule has 4 nitrogen and oxygen atoms in total. The standard InChI is InChI=1S/C17H31N3O/c1-18-16(19-10-4-7-15-5-2-3-6-15)20-11-8-17(13-20)9-12-21-14-17/h15H,2-14H2,1H3,(H,18,19). The molecule has 1 saturated carbocycles. The third-order valence-corrected chi connectivity index (χ3v) is 5.68. The van der Waals surface area contributed by atoms with Gasteiger partial charge in [0.25, 0.3) is 0 Å². The van der Waals surface area contributed by atoms with Crippen LogP contribution in [-0.2, 0) is 4.74 Å². The Kier molecular flexibility index (Phi) is 5.04. The van der Waals surface area contributed by atoms with Gasteiger partial charge in [0, 0.05) is 38.7 Å². The van der Waals surface area contributed by atoms with E-state index in [1.54, 1.807) is 0 Å². The summed E-state index contributed by atoms with van der Waals surface area (Å²) >= 11 is 0. The van der Waals surface area contributed by atoms with Crippen LogP contribution < -0.4 is 5.32 Å². The first-order valence-electron chi connectivity index (χ1n) is 8.85. The predicted octanol–water partition coefficient (Wildman–Crippen LogP) is 2.64. The van der Waals surface area contributed by atoms with E-state index in [0.717, 1.165) is 44.7 Å². The minimum absolute atomic E-state index is 0.418. The molecule has 0 amide bonds. The summed E-state index contributed by atoms with van der Waals surface area (Å²) in [7, 11) is 1.91. The molecule has 1 N–H and O–H groups in total. The third kappa shape index (κ3) is 3.71. The Labute approximate surface area is 129 Å². The maximum atomic E-state index is 5.61. The van der Waals surface area contributed by atoms with Crippen molar-refractivity contribution in [3.05, 3.63) is 0 Å². The lowest BCUT2D eigenvalue weighted by Crippen LogP contribution is -2.41. The van der Waals surface area contributed by atoms with Crippen molar-refractivity contribution in [2.45, 2.75) is 51.4 Å². The highest BCUT2D eigenvalue weighted by Gasteiger charge is 2.42. The van der Waals surface area contributed by atoms with Crippen LogP contribution in [0, 0.1) is 11.3 Å². The molecule has 0 aromatic rings. The zero-order chi connectivity index (χ0) is 14.5. The summed E-state index contributed by atoms with van der Waals surface area (Å²) in [6.07, 6.45) is 11.0. The molecule has 3 rings (SSSR count). The van der Waals surface area contributed by atoms with Gasteiger partial charge in [-0.25, -0.2) is 0 Å². The monoisotopic (exact) mass is 293 g/mol. The molecule has 1 unspecified atom stereocenters. The van der Waals surface area contributed by atoms with Crippen LogP contribution in [0.4, 0.5) is 0 Å². The van der Waals surface area contributed by atoms with Gasteiger partial charge in [0.15, 0.2) is 5.96 Å². The van der Waals surface area contributed by atoms with E-state index in [-0.39, 0.29) is 0 Å². The van der Waals surface area contributed by atoms with Gasteiger partial charge in [0.1, 0.15) is 0 Å². The smallest absolute Gasteiger partial charge is 0.193 e. The minimum atomic E-state index is 0.418. The number of aliphatic imine (C=N–C) groups is 1. The van der Waals surface area contributed by atoms with Crippen LogP contribution in [0.3, 0.4) is 0 Å². The minimum Gasteiger partial charge on any atom is -0.381 e. The lowest BCUT2D eigenvalue weighted by Gasteiger charge is -2.25. The summed E-state index contributed by atoms with van der Waals surface area (Å²) in [5.41, 5.74) is 0.418. The Morgan fingerprint density at radius 3 is 2.90 bits per heavy atom. The number of hydrogen-bond donors (Lipinski definition) is 1. The Hall–Kier alpha value is -0.770. The Bertz CT molecular complexity index is 357. The highest BCUT2D eigenvalue weighted by atomic mass is 16.5. The van der Waals surface area contributed by atoms with Crippen molar-refractivity contribution in [1.82, 2.24) is 10.2 Å². The van der Waals surface area contributed by atoms with Crippen LogP contribution in [-0.4, -0.2) is 50.8 Å². The zero-order valence-corrected chi connectivity index (χ0v) is 13.6. The van der Waals surface area contributed by atoms with E-state index in [9.17, 15) is 0 Å². The molecule has 0 bridgehead atoms. The van der Waals surface area contributed by atoms with E-state index in [1.807, 2.05) is 7.05 Å². The number of likely N-dealkylation sites (tertiary alicyclic amines) is 1. The fraction of sp³-hybridized carbons (Fsp3) is 0.941. The summed E-state index contributed by atoms with van der Waals surface area (Å²) < 4.78 is 5.61. The van der Waals surface area contributed by atoms with Crippen LogP contribution in [0.1, 0.15) is 51.4 Å². The molecule has 0 radical (unpaired) electrons. The highest BCUT2D eigenvalue weighted by Crippen LogP contribution is 2.38. The Morgan fingerprint density at radius 2 is 2.19 bits per heavy atom. The second kappa shape index (κ2) is 6.99. The normalized spacial score (nSPS) is 30.7. The molecule has 21 heavy (non-hydrogen) atoms. The molecule has 1 aliphatic carbocycles. The fourth-order valence-electron chi connectivity index (χ4n) is 4.31. The summed E-state index contributed by atoms with van der Waals surface area (Å²) in [5.74, 6) is 2.10. The highest BCUT2D eigenvalue weighted by molar-refractivity contribution is 5.80. The number of rotatable bonds is 4. The van der Waals surface area contributed by atoms with Gasteiger partial charge in [0.05, 0.1) is 6.61 Å². The van der Waals surface area contributed by atoms with Crippen LogP contribution >= 0.6 is 0 Å². The number of hydrogen-bond acceptors (Lipinski definition) is 2. The molecule has 0 aromatic heterocycles. The molecular formula is C17H31N3O. The van der Waals surface area contributed by atoms with Gasteiger partial charge < -0.3 is 15.0 Å². The van der Waals surface area contributed by atoms with E-state index < -0.39 is 0 Å². The van der Waals surface area contributed by atoms with Crippen molar-refractivity contribution in [3.8, 4) is 0 Å². The third-order valence-electron chi connectivity index (χ3n) is 5.68. The van der Waals surface area contributed by atoms with Gasteiger partial charge in [-0.3, -0.25) is 4.99 Å². The summed E-state index contributed by atoms with van der Waals surface area (Å²) in [6, 6.07) is 0. The molecule has 2 aliphatic heterocycles. The molecule has 3 aliphatic rings. The van der Waals surface area contributed by atoms with Crippen molar-refractivity contribution >= 4 is 5.96 Å². The van der Waals surface area contributed by atoms with Gasteiger partial charge in [-0.1, -0.05) is 25.7 Å². The van der Waals surface area contributed by atoms with E-state index in [2.05, 4.69) is 15.2 Å². The number of guanidine groups is 1. The van der Waals surface area contributed by atoms with Crippen LogP contribution in [0.15, 0.2) is 4.99 Å². The molecule has 2 saturated heterocycles. The molecule has 120 valence electrons. The van der Waals surface area contributed by atoms with E-state index >= 15 is 0 Å². The first kappa shape index (κ1) is 15.1. The average Bonchev–Trinajstić information content (AvgIpc) is 3.24. The fourth-order valence-corrected chi connectivity index (χ4v) is 4.31. The van der Waals surface area contributed by atoms with Crippen molar-refractivity contribution in [1.29, 1.82) is 0 Å². The van der Waals surface area contributed by atoms with Crippen molar-refractivity contribution in [3.63, 3.8) is 0 Å². The molecule has 2 heterocycles. The lowest BCUT2D eigenvalue weighted by atomic mass is 9.87. The van der Waals surface area contributed by atoms with Gasteiger partial charge >= 0.3 is 0 Å². The average molecular weight is 293 g/mol. The number of ether oxygens (including phenoxy) is 1. The van der Waals surface area contributed by atoms with Crippen LogP contribution in [0.25, 0.3) is 0 Å². The van der Waals surface area contributed by atoms with Crippen molar-refractivity contribution in [2.75, 3.05) is 39.9 Å². The predicted molar refractivity (Wildman–Crippen MR) is 86.6 cm³/mol. The second-order valence-corrected chi connectivity index (χ2v) is 7.24. The molecule has 4 heteroatoms. The maximum absolute atomic E-state index is 5.61. The maximum Gasteiger partial charge on any atom is 0.193 e. The molecule has 0 aromatic carbocycles. The second-order valence-electron chi connectivity index (χ2n) is 7.24. The van der Waals surface area contributed by atoms with Gasteiger partial charge in [-0.15, -0.1) is 0 Å². The first-order valence-corrected chi connectivity index (χ1v) is 8.85. The van der Waals surface area contributed by atoms with E-state index in [4.69, 9.17) is 4.74 Å². The SMILES string of the molecule is CN=C(NCCCC1CCCC1)N1CCC2(CCOC2)C1. The largest absolute Gasteiger partial charge is 0.381 e. The lowest BCUT2D eigenvalue weighted by molar-refractivity contribution is 0.156. The van der Waals surface area contributed by atoms with Gasteiger partial charge in [-0.05, 0) is 31.6 Å². The van der Waals surface area contributed by atoms with Gasteiger partial charge in [-0.2, -0.15) is 0 Å². The zero-order valence-electron chi connectivity index (χ0n) is 13.6. The molecule has 3 fully saturated rings. The molecular weight excluding hydrogens is 262 g/mol. The molecule has 1 spiro atoms. The quantitative estimate of drug-likeness (QED) is 0.492. The Balaban J connectivity index is 1.39. The van der Waals surface area contributed by atoms with Crippen molar-refractivity contribution < 1.29 is 4.74 Å². The Morgan fingerprint density at radius 1 is 1.33 bits per heavy atom. The van der Waals surface area contributed by atoms with Crippen molar-refractivity contribution in [2.24, 2.45) is 16.3 Å². The summed E-state index contributed by atoms with van der Waals surface area (Å²) in [5, 5.41) is 3.58. The number of nitrogens with zero attached hydrogens (tertiary/aromatic N) is 2. The van der Waals surface area contributed by atoms with Gasteiger partial charge in [0.2, 0.25) is 0 Å². The molecule has 1 atom stereocenters. The van der Waals surface area contributed by atoms with Crippen LogP contribution in [0.2, 0.25) is 0 Å². The van der Waals surface area contributed by atoms with E-state index in [1.165, 1.54) is 51.4 Å². The van der Waals surface area contributed by atoms with E-state index in [0.29, 0.717) is 5.41 Å². The topological polar surface area (TPSA) is 36.9 Å². The number of nitrogens with one attached hydrogen (secondary N) is 1. The van der Waals surface area contributed by atoms with Crippen LogP contribution in [0.5, 0.6) is 0 Å².